The van der Waals surface area contributed by atoms with Crippen LogP contribution in [0.25, 0.3) is 0 Å². The largest absolute Gasteiger partial charge is 0.485 e. The van der Waals surface area contributed by atoms with Crippen LogP contribution in [-0.4, -0.2) is 42.2 Å². The minimum Gasteiger partial charge on any atom is -0.485 e. The van der Waals surface area contributed by atoms with Crippen molar-refractivity contribution in [1.82, 2.24) is 4.90 Å². The third-order valence-electron chi connectivity index (χ3n) is 7.28. The maximum atomic E-state index is 13.9. The summed E-state index contributed by atoms with van der Waals surface area (Å²) in [6, 6.07) is 14.2. The molecular formula is C25H27ClFNO3. The predicted molar refractivity (Wildman–Crippen MR) is 117 cm³/mol. The maximum Gasteiger partial charge on any atom is 0.233 e. The summed E-state index contributed by atoms with van der Waals surface area (Å²) in [5.74, 6) is 0.153. The van der Waals surface area contributed by atoms with Crippen LogP contribution in [-0.2, 0) is 14.9 Å². The van der Waals surface area contributed by atoms with Crippen molar-refractivity contribution >= 4 is 17.5 Å². The van der Waals surface area contributed by atoms with Crippen LogP contribution in [0.15, 0.2) is 48.5 Å². The number of hydrogen-bond acceptors (Lipinski definition) is 3. The fraction of sp³-hybridized carbons (Fsp3) is 0.480. The van der Waals surface area contributed by atoms with Crippen molar-refractivity contribution in [2.24, 2.45) is 0 Å². The molecule has 1 unspecified atom stereocenters. The van der Waals surface area contributed by atoms with Gasteiger partial charge in [0, 0.05) is 24.5 Å². The second-order valence-corrected chi connectivity index (χ2v) is 9.54. The van der Waals surface area contributed by atoms with E-state index >= 15 is 0 Å². The fourth-order valence-corrected chi connectivity index (χ4v) is 5.42. The molecule has 2 aromatic carbocycles. The van der Waals surface area contributed by atoms with Crippen molar-refractivity contribution in [3.05, 3.63) is 64.9 Å². The number of rotatable bonds is 4. The summed E-state index contributed by atoms with van der Waals surface area (Å²) in [6.45, 7) is 1.82. The van der Waals surface area contributed by atoms with E-state index in [0.29, 0.717) is 24.7 Å². The number of piperidine rings is 1. The van der Waals surface area contributed by atoms with Gasteiger partial charge in [-0.05, 0) is 55.5 Å². The number of ether oxygens (including phenoxy) is 2. The molecule has 164 valence electrons. The first-order valence-corrected chi connectivity index (χ1v) is 11.5. The van der Waals surface area contributed by atoms with Crippen LogP contribution < -0.4 is 4.74 Å². The third-order valence-corrected chi connectivity index (χ3v) is 7.53. The number of amides is 1. The standard InChI is InChI=1S/C25H27ClFNO3/c26-19-8-6-18(7-9-19)25(10-3-11-25)23(29)28-14-12-24(13-15-28)16-20(17-30-24)31-22-5-2-1-4-21(22)27/h1-2,4-9,20H,3,10-17H2. The third kappa shape index (κ3) is 3.83. The van der Waals surface area contributed by atoms with Gasteiger partial charge < -0.3 is 14.4 Å². The van der Waals surface area contributed by atoms with Gasteiger partial charge >= 0.3 is 0 Å². The van der Waals surface area contributed by atoms with Crippen LogP contribution >= 0.6 is 11.6 Å². The van der Waals surface area contributed by atoms with E-state index in [1.54, 1.807) is 18.2 Å². The van der Waals surface area contributed by atoms with Crippen molar-refractivity contribution in [3.63, 3.8) is 0 Å². The van der Waals surface area contributed by atoms with Gasteiger partial charge in [-0.15, -0.1) is 0 Å². The summed E-state index contributed by atoms with van der Waals surface area (Å²) in [5, 5.41) is 0.691. The first-order valence-electron chi connectivity index (χ1n) is 11.1. The molecule has 5 rings (SSSR count). The molecule has 2 saturated heterocycles. The minimum atomic E-state index is -0.401. The number of carbonyl (C=O) groups is 1. The lowest BCUT2D eigenvalue weighted by molar-refractivity contribution is -0.145. The van der Waals surface area contributed by atoms with Crippen LogP contribution in [0.3, 0.4) is 0 Å². The lowest BCUT2D eigenvalue weighted by Crippen LogP contribution is -2.55. The minimum absolute atomic E-state index is 0.161. The molecule has 1 saturated carbocycles. The number of para-hydroxylation sites is 1. The Labute approximate surface area is 187 Å². The molecule has 2 aliphatic heterocycles. The van der Waals surface area contributed by atoms with E-state index in [4.69, 9.17) is 21.1 Å². The zero-order valence-corrected chi connectivity index (χ0v) is 18.2. The smallest absolute Gasteiger partial charge is 0.233 e. The lowest BCUT2D eigenvalue weighted by Gasteiger charge is -2.47. The van der Waals surface area contributed by atoms with Gasteiger partial charge in [-0.2, -0.15) is 0 Å². The van der Waals surface area contributed by atoms with Crippen molar-refractivity contribution in [1.29, 1.82) is 0 Å². The summed E-state index contributed by atoms with van der Waals surface area (Å²) in [6.07, 6.45) is 5.00. The highest BCUT2D eigenvalue weighted by atomic mass is 35.5. The van der Waals surface area contributed by atoms with Crippen LogP contribution in [0.2, 0.25) is 5.02 Å². The van der Waals surface area contributed by atoms with E-state index in [2.05, 4.69) is 0 Å². The molecule has 0 aromatic heterocycles. The SMILES string of the molecule is O=C(N1CCC2(CC1)CC(Oc1ccccc1F)CO2)C1(c2ccc(Cl)cc2)CCC1. The fourth-order valence-electron chi connectivity index (χ4n) is 5.29. The Hall–Kier alpha value is -2.11. The molecule has 2 heterocycles. The summed E-state index contributed by atoms with van der Waals surface area (Å²) in [4.78, 5) is 15.5. The van der Waals surface area contributed by atoms with Gasteiger partial charge in [-0.3, -0.25) is 4.79 Å². The maximum absolute atomic E-state index is 13.9. The first kappa shape index (κ1) is 20.8. The zero-order valence-electron chi connectivity index (χ0n) is 17.5. The molecule has 0 bridgehead atoms. The van der Waals surface area contributed by atoms with Gasteiger partial charge in [0.05, 0.1) is 17.6 Å². The van der Waals surface area contributed by atoms with E-state index in [9.17, 15) is 9.18 Å². The molecule has 2 aromatic rings. The molecule has 0 radical (unpaired) electrons. The summed E-state index contributed by atoms with van der Waals surface area (Å²) in [5.41, 5.74) is 0.394. The number of likely N-dealkylation sites (tertiary alicyclic amines) is 1. The Morgan fingerprint density at radius 1 is 1.06 bits per heavy atom. The second kappa shape index (κ2) is 8.10. The quantitative estimate of drug-likeness (QED) is 0.657. The molecule has 4 nitrogen and oxygen atoms in total. The summed E-state index contributed by atoms with van der Waals surface area (Å²) in [7, 11) is 0. The van der Waals surface area contributed by atoms with Gasteiger partial charge in [-0.1, -0.05) is 42.3 Å². The Morgan fingerprint density at radius 2 is 1.77 bits per heavy atom. The number of nitrogens with zero attached hydrogens (tertiary/aromatic N) is 1. The Bertz CT molecular complexity index is 951. The van der Waals surface area contributed by atoms with Crippen LogP contribution in [0.5, 0.6) is 5.75 Å². The van der Waals surface area contributed by atoms with Gasteiger partial charge in [0.1, 0.15) is 6.10 Å². The van der Waals surface area contributed by atoms with Crippen molar-refractivity contribution < 1.29 is 18.7 Å². The molecule has 1 spiro atoms. The van der Waals surface area contributed by atoms with E-state index in [1.807, 2.05) is 29.2 Å². The molecule has 3 fully saturated rings. The number of halogens is 2. The molecular weight excluding hydrogens is 417 g/mol. The molecule has 6 heteroatoms. The van der Waals surface area contributed by atoms with Gasteiger partial charge in [0.2, 0.25) is 5.91 Å². The van der Waals surface area contributed by atoms with Gasteiger partial charge in [0.25, 0.3) is 0 Å². The Kier molecular flexibility index (Phi) is 5.43. The Balaban J connectivity index is 1.22. The Morgan fingerprint density at radius 3 is 2.42 bits per heavy atom. The van der Waals surface area contributed by atoms with E-state index in [-0.39, 0.29) is 29.2 Å². The van der Waals surface area contributed by atoms with E-state index < -0.39 is 5.41 Å². The second-order valence-electron chi connectivity index (χ2n) is 9.10. The number of benzene rings is 2. The highest BCUT2D eigenvalue weighted by Crippen LogP contribution is 2.47. The van der Waals surface area contributed by atoms with Crippen LogP contribution in [0, 0.1) is 5.82 Å². The monoisotopic (exact) mass is 443 g/mol. The highest BCUT2D eigenvalue weighted by molar-refractivity contribution is 6.30. The molecule has 31 heavy (non-hydrogen) atoms. The average Bonchev–Trinajstić information content (AvgIpc) is 3.13. The van der Waals surface area contributed by atoms with Gasteiger partial charge in [-0.25, -0.2) is 4.39 Å². The molecule has 1 aliphatic carbocycles. The summed E-state index contributed by atoms with van der Waals surface area (Å²) < 4.78 is 25.9. The van der Waals surface area contributed by atoms with Crippen molar-refractivity contribution in [2.75, 3.05) is 19.7 Å². The molecule has 3 aliphatic rings. The zero-order chi connectivity index (χ0) is 21.5. The first-order chi connectivity index (χ1) is 15.0. The predicted octanol–water partition coefficient (Wildman–Crippen LogP) is 5.13. The normalized spacial score (nSPS) is 24.1. The van der Waals surface area contributed by atoms with Crippen LogP contribution in [0.1, 0.15) is 44.1 Å². The van der Waals surface area contributed by atoms with E-state index in [1.165, 1.54) is 6.07 Å². The average molecular weight is 444 g/mol. The molecule has 0 N–H and O–H groups in total. The number of hydrogen-bond donors (Lipinski definition) is 0. The highest BCUT2D eigenvalue weighted by Gasteiger charge is 2.50. The van der Waals surface area contributed by atoms with Crippen molar-refractivity contribution in [3.8, 4) is 5.75 Å². The van der Waals surface area contributed by atoms with Gasteiger partial charge in [0.15, 0.2) is 11.6 Å². The topological polar surface area (TPSA) is 38.8 Å². The summed E-state index contributed by atoms with van der Waals surface area (Å²) >= 11 is 6.05. The molecule has 1 atom stereocenters. The number of carbonyl (C=O) groups excluding carboxylic acids is 1. The molecule has 1 amide bonds. The van der Waals surface area contributed by atoms with Crippen LogP contribution in [0.4, 0.5) is 4.39 Å². The van der Waals surface area contributed by atoms with E-state index in [0.717, 1.165) is 44.1 Å². The lowest BCUT2D eigenvalue weighted by atomic mass is 9.63. The van der Waals surface area contributed by atoms with Crippen molar-refractivity contribution in [2.45, 2.75) is 55.6 Å².